The number of amides is 2. The van der Waals surface area contributed by atoms with Crippen molar-refractivity contribution < 1.29 is 9.59 Å². The van der Waals surface area contributed by atoms with Crippen LogP contribution in [0, 0.1) is 0 Å². The van der Waals surface area contributed by atoms with Crippen molar-refractivity contribution in [3.8, 4) is 0 Å². The molecule has 0 saturated carbocycles. The molecule has 1 aromatic heterocycles. The third-order valence-corrected chi connectivity index (χ3v) is 4.21. The minimum Gasteiger partial charge on any atom is -0.332 e. The van der Waals surface area contributed by atoms with Crippen molar-refractivity contribution in [3.05, 3.63) is 52.7 Å². The molecule has 0 aliphatic heterocycles. The van der Waals surface area contributed by atoms with Gasteiger partial charge in [0, 0.05) is 36.3 Å². The van der Waals surface area contributed by atoms with Crippen LogP contribution in [0.5, 0.6) is 0 Å². The number of carbonyl (C=O) groups excluding carboxylic acids is 2. The predicted molar refractivity (Wildman–Crippen MR) is 103 cm³/mol. The van der Waals surface area contributed by atoms with Crippen LogP contribution in [0.2, 0.25) is 0 Å². The van der Waals surface area contributed by atoms with Gasteiger partial charge in [-0.2, -0.15) is 0 Å². The van der Waals surface area contributed by atoms with Crippen molar-refractivity contribution in [2.45, 2.75) is 6.92 Å². The minimum absolute atomic E-state index is 0.0454. The van der Waals surface area contributed by atoms with Crippen LogP contribution in [0.15, 0.2) is 47.9 Å². The molecule has 0 aliphatic rings. The molecule has 5 nitrogen and oxygen atoms in total. The molecule has 0 fully saturated rings. The van der Waals surface area contributed by atoms with Gasteiger partial charge in [0.1, 0.15) is 0 Å². The second-order valence-electron chi connectivity index (χ2n) is 4.92. The zero-order valence-electron chi connectivity index (χ0n) is 13.3. The topological polar surface area (TPSA) is 61.4 Å². The molecule has 2 N–H and O–H groups in total. The van der Waals surface area contributed by atoms with Crippen LogP contribution < -0.4 is 15.5 Å². The lowest BCUT2D eigenvalue weighted by molar-refractivity contribution is -0.116. The fourth-order valence-corrected chi connectivity index (χ4v) is 2.65. The molecule has 124 valence electrons. The van der Waals surface area contributed by atoms with Gasteiger partial charge in [-0.25, -0.2) is 0 Å². The quantitative estimate of drug-likeness (QED) is 0.650. The summed E-state index contributed by atoms with van der Waals surface area (Å²) in [7, 11) is 1.70. The van der Waals surface area contributed by atoms with Crippen molar-refractivity contribution in [3.63, 3.8) is 0 Å². The zero-order chi connectivity index (χ0) is 17.5. The molecule has 1 aromatic carbocycles. The van der Waals surface area contributed by atoms with Crippen LogP contribution in [-0.4, -0.2) is 24.0 Å². The summed E-state index contributed by atoms with van der Waals surface area (Å²) in [5, 5.41) is 7.66. The van der Waals surface area contributed by atoms with Gasteiger partial charge in [0.15, 0.2) is 5.11 Å². The number of nitrogens with zero attached hydrogens (tertiary/aromatic N) is 1. The van der Waals surface area contributed by atoms with Crippen molar-refractivity contribution in [2.24, 2.45) is 0 Å². The lowest BCUT2D eigenvalue weighted by atomic mass is 10.2. The number of thiocarbonyl (C=S) groups is 1. The van der Waals surface area contributed by atoms with Gasteiger partial charge in [-0.3, -0.25) is 14.9 Å². The van der Waals surface area contributed by atoms with E-state index < -0.39 is 0 Å². The van der Waals surface area contributed by atoms with Crippen LogP contribution >= 0.6 is 23.6 Å². The Morgan fingerprint density at radius 3 is 2.50 bits per heavy atom. The third kappa shape index (κ3) is 5.29. The van der Waals surface area contributed by atoms with Gasteiger partial charge in [-0.15, -0.1) is 11.3 Å². The second-order valence-corrected chi connectivity index (χ2v) is 6.30. The summed E-state index contributed by atoms with van der Waals surface area (Å²) in [6.07, 6.45) is 3.17. The van der Waals surface area contributed by atoms with E-state index in [-0.39, 0.29) is 16.9 Å². The number of nitrogens with one attached hydrogen (secondary N) is 2. The second kappa shape index (κ2) is 8.37. The maximum absolute atomic E-state index is 11.8. The van der Waals surface area contributed by atoms with Crippen molar-refractivity contribution in [1.82, 2.24) is 5.32 Å². The highest BCUT2D eigenvalue weighted by atomic mass is 32.1. The van der Waals surface area contributed by atoms with Crippen molar-refractivity contribution in [1.29, 1.82) is 0 Å². The van der Waals surface area contributed by atoms with E-state index in [2.05, 4.69) is 10.6 Å². The molecule has 0 bridgehead atoms. The highest BCUT2D eigenvalue weighted by Crippen LogP contribution is 2.17. The molecule has 0 unspecified atom stereocenters. The summed E-state index contributed by atoms with van der Waals surface area (Å²) in [4.78, 5) is 25.6. The van der Waals surface area contributed by atoms with E-state index in [0.717, 1.165) is 16.3 Å². The number of carbonyl (C=O) groups is 2. The van der Waals surface area contributed by atoms with Gasteiger partial charge in [0.25, 0.3) is 0 Å². The Morgan fingerprint density at radius 2 is 1.92 bits per heavy atom. The number of hydrogen-bond acceptors (Lipinski definition) is 4. The van der Waals surface area contributed by atoms with Gasteiger partial charge in [0.2, 0.25) is 11.8 Å². The van der Waals surface area contributed by atoms with E-state index >= 15 is 0 Å². The van der Waals surface area contributed by atoms with Crippen LogP contribution in [-0.2, 0) is 9.59 Å². The minimum atomic E-state index is -0.297. The first-order valence-electron chi connectivity index (χ1n) is 7.13. The van der Waals surface area contributed by atoms with Crippen LogP contribution in [0.4, 0.5) is 11.4 Å². The lowest BCUT2D eigenvalue weighted by Gasteiger charge is -2.15. The Labute approximate surface area is 150 Å². The molecular weight excluding hydrogens is 342 g/mol. The van der Waals surface area contributed by atoms with E-state index in [1.807, 2.05) is 17.5 Å². The number of anilines is 2. The maximum atomic E-state index is 11.8. The first-order chi connectivity index (χ1) is 11.5. The average molecular weight is 359 g/mol. The largest absolute Gasteiger partial charge is 0.332 e. The van der Waals surface area contributed by atoms with Gasteiger partial charge in [-0.1, -0.05) is 6.07 Å². The molecule has 1 heterocycles. The molecule has 2 rings (SSSR count). The van der Waals surface area contributed by atoms with E-state index in [1.165, 1.54) is 13.0 Å². The SMILES string of the molecule is CC(=O)N(C)c1ccc(NC(=S)NC(=O)C=Cc2cccs2)cc1. The molecule has 24 heavy (non-hydrogen) atoms. The van der Waals surface area contributed by atoms with E-state index in [1.54, 1.807) is 53.6 Å². The lowest BCUT2D eigenvalue weighted by Crippen LogP contribution is -2.32. The molecule has 2 amide bonds. The normalized spacial score (nSPS) is 10.4. The molecule has 0 saturated heterocycles. The smallest absolute Gasteiger partial charge is 0.250 e. The van der Waals surface area contributed by atoms with Gasteiger partial charge in [-0.05, 0) is 54.0 Å². The highest BCUT2D eigenvalue weighted by Gasteiger charge is 2.06. The summed E-state index contributed by atoms with van der Waals surface area (Å²) in [6.45, 7) is 1.50. The fraction of sp³-hybridized carbons (Fsp3) is 0.118. The van der Waals surface area contributed by atoms with Crippen LogP contribution in [0.3, 0.4) is 0 Å². The van der Waals surface area contributed by atoms with Crippen molar-refractivity contribution in [2.75, 3.05) is 17.3 Å². The summed E-state index contributed by atoms with van der Waals surface area (Å²) in [6, 6.07) is 11.0. The molecule has 0 atom stereocenters. The number of hydrogen-bond donors (Lipinski definition) is 2. The summed E-state index contributed by atoms with van der Waals surface area (Å²) in [5.41, 5.74) is 1.50. The Bertz CT molecular complexity index is 753. The molecular formula is C17H17N3O2S2. The van der Waals surface area contributed by atoms with Gasteiger partial charge >= 0.3 is 0 Å². The molecule has 7 heteroatoms. The number of rotatable bonds is 4. The number of benzene rings is 1. The van der Waals surface area contributed by atoms with Gasteiger partial charge < -0.3 is 10.2 Å². The number of thiophene rings is 1. The van der Waals surface area contributed by atoms with Crippen LogP contribution in [0.25, 0.3) is 6.08 Å². The first kappa shape index (κ1) is 17.8. The van der Waals surface area contributed by atoms with Gasteiger partial charge in [0.05, 0.1) is 0 Å². The van der Waals surface area contributed by atoms with E-state index in [0.29, 0.717) is 0 Å². The van der Waals surface area contributed by atoms with Crippen molar-refractivity contribution >= 4 is 57.9 Å². The monoisotopic (exact) mass is 359 g/mol. The highest BCUT2D eigenvalue weighted by molar-refractivity contribution is 7.80. The fourth-order valence-electron chi connectivity index (χ4n) is 1.81. The molecule has 0 aliphatic carbocycles. The van der Waals surface area contributed by atoms with E-state index in [9.17, 15) is 9.59 Å². The summed E-state index contributed by atoms with van der Waals surface area (Å²) in [5.74, 6) is -0.343. The summed E-state index contributed by atoms with van der Waals surface area (Å²) < 4.78 is 0. The Morgan fingerprint density at radius 1 is 1.21 bits per heavy atom. The zero-order valence-corrected chi connectivity index (χ0v) is 14.9. The predicted octanol–water partition coefficient (Wildman–Crippen LogP) is 3.26. The first-order valence-corrected chi connectivity index (χ1v) is 8.42. The Kier molecular flexibility index (Phi) is 6.22. The average Bonchev–Trinajstić information content (AvgIpc) is 3.06. The molecule has 0 radical (unpaired) electrons. The Balaban J connectivity index is 1.88. The Hall–Kier alpha value is -2.51. The maximum Gasteiger partial charge on any atom is 0.250 e. The molecule has 2 aromatic rings. The standard InChI is InChI=1S/C17H17N3O2S2/c1-12(21)20(2)14-7-5-13(6-8-14)18-17(23)19-16(22)10-9-15-4-3-11-24-15/h3-11H,1-2H3,(H2,18,19,22,23). The summed E-state index contributed by atoms with van der Waals surface area (Å²) >= 11 is 6.66. The van der Waals surface area contributed by atoms with E-state index in [4.69, 9.17) is 12.2 Å². The molecule has 0 spiro atoms. The third-order valence-electron chi connectivity index (χ3n) is 3.16. The van der Waals surface area contributed by atoms with Crippen LogP contribution in [0.1, 0.15) is 11.8 Å².